The lowest BCUT2D eigenvalue weighted by Crippen LogP contribution is -2.23. The maximum absolute atomic E-state index is 3.90. The number of allylic oxidation sites excluding steroid dienone is 7. The fourth-order valence-electron chi connectivity index (χ4n) is 1.53. The molecular weight excluding hydrogens is 218 g/mol. The topological polar surface area (TPSA) is 12.0 Å². The normalized spacial score (nSPS) is 13.5. The highest BCUT2D eigenvalue weighted by Crippen LogP contribution is 2.17. The molecule has 0 bridgehead atoms. The zero-order valence-electron chi connectivity index (χ0n) is 12.5. The Balaban J connectivity index is 5.45. The van der Waals surface area contributed by atoms with Gasteiger partial charge in [0.1, 0.15) is 0 Å². The van der Waals surface area contributed by atoms with Crippen molar-refractivity contribution in [1.82, 2.24) is 5.32 Å². The van der Waals surface area contributed by atoms with Crippen LogP contribution in [0.4, 0.5) is 0 Å². The molecule has 0 heterocycles. The van der Waals surface area contributed by atoms with Crippen LogP contribution in [-0.4, -0.2) is 6.04 Å². The van der Waals surface area contributed by atoms with Crippen LogP contribution in [-0.2, 0) is 0 Å². The van der Waals surface area contributed by atoms with Gasteiger partial charge in [0.2, 0.25) is 0 Å². The molecule has 1 nitrogen and oxygen atoms in total. The Morgan fingerprint density at radius 1 is 1.06 bits per heavy atom. The number of hydrogen-bond acceptors (Lipinski definition) is 1. The smallest absolute Gasteiger partial charge is 0.0377 e. The van der Waals surface area contributed by atoms with Gasteiger partial charge in [-0.3, -0.25) is 0 Å². The van der Waals surface area contributed by atoms with Crippen LogP contribution < -0.4 is 5.32 Å². The first kappa shape index (κ1) is 16.5. The predicted octanol–water partition coefficient (Wildman–Crippen LogP) is 4.77. The van der Waals surface area contributed by atoms with Crippen LogP contribution in [0.25, 0.3) is 0 Å². The first-order valence-electron chi connectivity index (χ1n) is 6.51. The standard InChI is InChI=1S/C17H27N/c1-8-9-10-17(18-15(6)7)16(14(4)5)12-11-13(2)3/h8-12,14-15,18H,1-2H2,3-7H3/b10-9-,12-11-,17-16+. The summed E-state index contributed by atoms with van der Waals surface area (Å²) in [4.78, 5) is 0. The first-order valence-corrected chi connectivity index (χ1v) is 6.51. The first-order chi connectivity index (χ1) is 8.38. The number of nitrogens with one attached hydrogen (secondary N) is 1. The average molecular weight is 245 g/mol. The van der Waals surface area contributed by atoms with Crippen LogP contribution in [0.2, 0.25) is 0 Å². The van der Waals surface area contributed by atoms with Crippen molar-refractivity contribution in [2.24, 2.45) is 5.92 Å². The van der Waals surface area contributed by atoms with Gasteiger partial charge in [-0.1, -0.05) is 56.9 Å². The minimum Gasteiger partial charge on any atom is -0.383 e. The Labute approximate surface area is 113 Å². The van der Waals surface area contributed by atoms with Crippen molar-refractivity contribution in [1.29, 1.82) is 0 Å². The highest BCUT2D eigenvalue weighted by molar-refractivity contribution is 5.36. The Morgan fingerprint density at radius 2 is 1.67 bits per heavy atom. The van der Waals surface area contributed by atoms with E-state index in [4.69, 9.17) is 0 Å². The van der Waals surface area contributed by atoms with E-state index in [1.54, 1.807) is 6.08 Å². The van der Waals surface area contributed by atoms with Gasteiger partial charge in [0.15, 0.2) is 0 Å². The maximum atomic E-state index is 3.90. The second-order valence-corrected chi connectivity index (χ2v) is 5.10. The van der Waals surface area contributed by atoms with Crippen LogP contribution in [0.1, 0.15) is 34.6 Å². The monoisotopic (exact) mass is 245 g/mol. The van der Waals surface area contributed by atoms with Gasteiger partial charge >= 0.3 is 0 Å². The van der Waals surface area contributed by atoms with Gasteiger partial charge in [-0.25, -0.2) is 0 Å². The van der Waals surface area contributed by atoms with E-state index >= 15 is 0 Å². The van der Waals surface area contributed by atoms with Gasteiger partial charge in [-0.15, -0.1) is 0 Å². The molecule has 0 radical (unpaired) electrons. The third-order valence-electron chi connectivity index (χ3n) is 2.32. The molecule has 1 N–H and O–H groups in total. The van der Waals surface area contributed by atoms with Crippen molar-refractivity contribution in [2.45, 2.75) is 40.7 Å². The lowest BCUT2D eigenvalue weighted by atomic mass is 9.99. The van der Waals surface area contributed by atoms with Crippen LogP contribution >= 0.6 is 0 Å². The van der Waals surface area contributed by atoms with Crippen molar-refractivity contribution in [3.8, 4) is 0 Å². The minimum atomic E-state index is 0.404. The third-order valence-corrected chi connectivity index (χ3v) is 2.32. The van der Waals surface area contributed by atoms with Gasteiger partial charge in [0.25, 0.3) is 0 Å². The molecule has 0 atom stereocenters. The summed E-state index contributed by atoms with van der Waals surface area (Å²) >= 11 is 0. The molecule has 0 aliphatic rings. The van der Waals surface area contributed by atoms with Crippen LogP contribution in [0, 0.1) is 5.92 Å². The van der Waals surface area contributed by atoms with Gasteiger partial charge in [-0.05, 0) is 38.3 Å². The average Bonchev–Trinajstić information content (AvgIpc) is 2.24. The summed E-state index contributed by atoms with van der Waals surface area (Å²) in [5, 5.41) is 3.48. The third kappa shape index (κ3) is 6.95. The molecule has 0 saturated carbocycles. The van der Waals surface area contributed by atoms with Crippen molar-refractivity contribution in [3.63, 3.8) is 0 Å². The Hall–Kier alpha value is -1.50. The van der Waals surface area contributed by atoms with E-state index in [2.05, 4.69) is 64.4 Å². The second kappa shape index (κ2) is 8.57. The highest BCUT2D eigenvalue weighted by Gasteiger charge is 2.07. The Kier molecular flexibility index (Phi) is 7.86. The molecule has 0 amide bonds. The van der Waals surface area contributed by atoms with Crippen LogP contribution in [0.3, 0.4) is 0 Å². The highest BCUT2D eigenvalue weighted by atomic mass is 14.9. The molecule has 0 aliphatic carbocycles. The van der Waals surface area contributed by atoms with E-state index in [0.29, 0.717) is 12.0 Å². The maximum Gasteiger partial charge on any atom is 0.0377 e. The van der Waals surface area contributed by atoms with Gasteiger partial charge < -0.3 is 5.32 Å². The molecule has 0 fully saturated rings. The summed E-state index contributed by atoms with van der Waals surface area (Å²) < 4.78 is 0. The molecule has 0 spiro atoms. The van der Waals surface area contributed by atoms with Gasteiger partial charge in [0.05, 0.1) is 0 Å². The second-order valence-electron chi connectivity index (χ2n) is 5.10. The van der Waals surface area contributed by atoms with E-state index < -0.39 is 0 Å². The molecule has 0 unspecified atom stereocenters. The molecular formula is C17H27N. The van der Waals surface area contributed by atoms with Crippen LogP contribution in [0.15, 0.2) is 60.4 Å². The van der Waals surface area contributed by atoms with Gasteiger partial charge in [0, 0.05) is 11.7 Å². The summed E-state index contributed by atoms with van der Waals surface area (Å²) in [6, 6.07) is 0.404. The van der Waals surface area contributed by atoms with Crippen molar-refractivity contribution < 1.29 is 0 Å². The SMILES string of the molecule is C=C\C=C/C(NC(C)C)=C(/C=C\C(=C)C)C(C)C. The fraction of sp³-hybridized carbons (Fsp3) is 0.412. The van der Waals surface area contributed by atoms with E-state index in [1.165, 1.54) is 5.57 Å². The van der Waals surface area contributed by atoms with E-state index in [9.17, 15) is 0 Å². The number of rotatable bonds is 7. The summed E-state index contributed by atoms with van der Waals surface area (Å²) in [6.07, 6.45) is 10.0. The van der Waals surface area contributed by atoms with E-state index in [1.807, 2.05) is 13.0 Å². The van der Waals surface area contributed by atoms with Crippen molar-refractivity contribution in [2.75, 3.05) is 0 Å². The largest absolute Gasteiger partial charge is 0.383 e. The molecule has 0 aliphatic heterocycles. The molecule has 0 rings (SSSR count). The summed E-state index contributed by atoms with van der Waals surface area (Å²) in [5.74, 6) is 0.455. The zero-order chi connectivity index (χ0) is 14.1. The molecule has 0 aromatic carbocycles. The van der Waals surface area contributed by atoms with Crippen molar-refractivity contribution >= 4 is 0 Å². The molecule has 100 valence electrons. The van der Waals surface area contributed by atoms with E-state index in [0.717, 1.165) is 11.3 Å². The lowest BCUT2D eigenvalue weighted by molar-refractivity contribution is 0.660. The lowest BCUT2D eigenvalue weighted by Gasteiger charge is -2.17. The quantitative estimate of drug-likeness (QED) is 0.637. The molecule has 1 heteroatoms. The minimum absolute atomic E-state index is 0.404. The molecule has 0 aromatic rings. The molecule has 0 aromatic heterocycles. The predicted molar refractivity (Wildman–Crippen MR) is 83.4 cm³/mol. The Bertz CT molecular complexity index is 365. The fourth-order valence-corrected chi connectivity index (χ4v) is 1.53. The van der Waals surface area contributed by atoms with E-state index in [-0.39, 0.29) is 0 Å². The van der Waals surface area contributed by atoms with Gasteiger partial charge in [-0.2, -0.15) is 0 Å². The van der Waals surface area contributed by atoms with Crippen LogP contribution in [0.5, 0.6) is 0 Å². The molecule has 18 heavy (non-hydrogen) atoms. The Morgan fingerprint density at radius 3 is 2.06 bits per heavy atom. The summed E-state index contributed by atoms with van der Waals surface area (Å²) in [7, 11) is 0. The molecule has 0 saturated heterocycles. The summed E-state index contributed by atoms with van der Waals surface area (Å²) in [6.45, 7) is 18.3. The zero-order valence-corrected chi connectivity index (χ0v) is 12.5. The summed E-state index contributed by atoms with van der Waals surface area (Å²) in [5.41, 5.74) is 3.49. The van der Waals surface area contributed by atoms with Crippen molar-refractivity contribution in [3.05, 3.63) is 60.4 Å². The number of hydrogen-bond donors (Lipinski definition) is 1.